The van der Waals surface area contributed by atoms with E-state index in [0.29, 0.717) is 12.4 Å². The number of nitrogens with zero attached hydrogens (tertiary/aromatic N) is 1. The molecule has 2 atom stereocenters. The van der Waals surface area contributed by atoms with E-state index in [9.17, 15) is 4.79 Å². The Kier molecular flexibility index (Phi) is 4.79. The van der Waals surface area contributed by atoms with Crippen LogP contribution < -0.4 is 0 Å². The predicted molar refractivity (Wildman–Crippen MR) is 67.0 cm³/mol. The molecule has 0 bridgehead atoms. The van der Waals surface area contributed by atoms with Gasteiger partial charge in [-0.25, -0.2) is 0 Å². The van der Waals surface area contributed by atoms with E-state index in [0.717, 1.165) is 0 Å². The number of aliphatic carboxylic acids is 1. The zero-order valence-corrected chi connectivity index (χ0v) is 10.2. The Balaban J connectivity index is 4.21. The van der Waals surface area contributed by atoms with Gasteiger partial charge in [-0.05, 0) is 33.1 Å². The van der Waals surface area contributed by atoms with Crippen molar-refractivity contribution in [3.8, 4) is 0 Å². The molecule has 0 radical (unpaired) electrons. The van der Waals surface area contributed by atoms with Crippen molar-refractivity contribution in [3.05, 3.63) is 0 Å². The number of carbonyl (C=O) groups is 1. The second kappa shape index (κ2) is 4.92. The van der Waals surface area contributed by atoms with Crippen molar-refractivity contribution < 1.29 is 9.90 Å². The third kappa shape index (κ3) is 4.22. The van der Waals surface area contributed by atoms with Gasteiger partial charge in [0.1, 0.15) is 15.7 Å². The summed E-state index contributed by atoms with van der Waals surface area (Å²) in [5.74, 6) is -0.685. The molecule has 6 heteroatoms. The molecule has 0 heterocycles. The van der Waals surface area contributed by atoms with Crippen molar-refractivity contribution in [2.45, 2.75) is 44.5 Å². The van der Waals surface area contributed by atoms with Crippen LogP contribution in [-0.2, 0) is 4.79 Å². The molecule has 0 rings (SSSR count). The molecule has 14 heavy (non-hydrogen) atoms. The Morgan fingerprint density at radius 1 is 1.43 bits per heavy atom. The highest BCUT2D eigenvalue weighted by atomic mass is 16.4. The van der Waals surface area contributed by atoms with E-state index in [1.54, 1.807) is 7.85 Å². The summed E-state index contributed by atoms with van der Waals surface area (Å²) < 4.78 is 0. The lowest BCUT2D eigenvalue weighted by Crippen LogP contribution is -2.47. The van der Waals surface area contributed by atoms with Crippen LogP contribution in [0.25, 0.3) is 0 Å². The third-order valence-electron chi connectivity index (χ3n) is 2.84. The molecule has 0 amide bonds. The van der Waals surface area contributed by atoms with Crippen molar-refractivity contribution in [2.24, 2.45) is 0 Å². The quantitative estimate of drug-likeness (QED) is 0.554. The van der Waals surface area contributed by atoms with Crippen molar-refractivity contribution in [1.29, 1.82) is 0 Å². The second-order valence-corrected chi connectivity index (χ2v) is 5.11. The van der Waals surface area contributed by atoms with Gasteiger partial charge in [-0.15, -0.1) is 0 Å². The molecule has 0 fully saturated rings. The molecule has 0 aliphatic heterocycles. The summed E-state index contributed by atoms with van der Waals surface area (Å²) in [4.78, 5) is 12.9. The van der Waals surface area contributed by atoms with Crippen LogP contribution in [0.1, 0.15) is 27.2 Å². The van der Waals surface area contributed by atoms with E-state index in [1.165, 1.54) is 0 Å². The van der Waals surface area contributed by atoms with Crippen LogP contribution in [0.3, 0.4) is 0 Å². The topological polar surface area (TPSA) is 40.5 Å². The first-order valence-electron chi connectivity index (χ1n) is 5.12. The summed E-state index contributed by atoms with van der Waals surface area (Å²) in [6, 6.07) is 0. The zero-order chi connectivity index (χ0) is 11.5. The molecule has 0 aromatic rings. The summed E-state index contributed by atoms with van der Waals surface area (Å²) in [6.07, 6.45) is 0.698. The highest BCUT2D eigenvalue weighted by Crippen LogP contribution is 2.18. The van der Waals surface area contributed by atoms with E-state index in [1.807, 2.05) is 7.98 Å². The van der Waals surface area contributed by atoms with Crippen molar-refractivity contribution in [1.82, 2.24) is 4.81 Å². The van der Waals surface area contributed by atoms with Gasteiger partial charge in [0.2, 0.25) is 0 Å². The summed E-state index contributed by atoms with van der Waals surface area (Å²) in [7, 11) is 5.87. The van der Waals surface area contributed by atoms with Crippen LogP contribution in [0.5, 0.6) is 0 Å². The van der Waals surface area contributed by atoms with Crippen LogP contribution in [0.4, 0.5) is 0 Å². The Hall–Kier alpha value is -0.375. The van der Waals surface area contributed by atoms with Gasteiger partial charge in [0, 0.05) is 11.4 Å². The fraction of sp³-hybridized carbons (Fsp3) is 0.875. The first kappa shape index (κ1) is 13.6. The van der Waals surface area contributed by atoms with E-state index in [2.05, 4.69) is 33.4 Å². The monoisotopic (exact) mass is 195 g/mol. The van der Waals surface area contributed by atoms with E-state index < -0.39 is 5.97 Å². The summed E-state index contributed by atoms with van der Waals surface area (Å²) >= 11 is 0. The fourth-order valence-corrected chi connectivity index (χ4v) is 1.43. The summed E-state index contributed by atoms with van der Waals surface area (Å²) in [6.45, 7) is 6.40. The lowest BCUT2D eigenvalue weighted by molar-refractivity contribution is -0.137. The molecule has 2 unspecified atom stereocenters. The maximum Gasteiger partial charge on any atom is 0.298 e. The molecule has 0 aromatic carbocycles. The van der Waals surface area contributed by atoms with Gasteiger partial charge in [0.05, 0.1) is 0 Å². The van der Waals surface area contributed by atoms with Crippen LogP contribution in [0.15, 0.2) is 0 Å². The van der Waals surface area contributed by atoms with Crippen molar-refractivity contribution in [2.75, 3.05) is 0 Å². The van der Waals surface area contributed by atoms with Gasteiger partial charge in [-0.1, -0.05) is 0 Å². The predicted octanol–water partition coefficient (Wildman–Crippen LogP) is -1.51. The van der Waals surface area contributed by atoms with Crippen LogP contribution >= 0.6 is 0 Å². The molecule has 0 aliphatic rings. The van der Waals surface area contributed by atoms with Crippen LogP contribution in [-0.4, -0.2) is 51.0 Å². The molecule has 3 nitrogen and oxygen atoms in total. The maximum absolute atomic E-state index is 10.7. The van der Waals surface area contributed by atoms with Crippen LogP contribution in [0.2, 0.25) is 5.82 Å². The third-order valence-corrected chi connectivity index (χ3v) is 2.84. The van der Waals surface area contributed by atoms with Gasteiger partial charge < -0.3 is 9.92 Å². The molecule has 78 valence electrons. The largest absolute Gasteiger partial charge is 0.482 e. The first-order valence-corrected chi connectivity index (χ1v) is 5.12. The normalized spacial score (nSPS) is 16.6. The lowest BCUT2D eigenvalue weighted by atomic mass is 9.74. The maximum atomic E-state index is 10.7. The number of carboxylic acids is 1. The van der Waals surface area contributed by atoms with Crippen molar-refractivity contribution in [3.63, 3.8) is 0 Å². The Labute approximate surface area is 89.5 Å². The lowest BCUT2D eigenvalue weighted by Gasteiger charge is -2.38. The minimum atomic E-state index is -0.709. The standard InChI is InChI=1S/C8H20B3NO2/c1-8(2,3)12(11)6(10)4-5(9)7(13)14/h5-6H,4,9-11H2,1-3H3,(H,13,14). The van der Waals surface area contributed by atoms with Crippen LogP contribution in [0, 0.1) is 0 Å². The molecule has 0 saturated heterocycles. The average Bonchev–Trinajstić information content (AvgIpc) is 2.00. The minimum Gasteiger partial charge on any atom is -0.482 e. The van der Waals surface area contributed by atoms with E-state index in [4.69, 9.17) is 5.11 Å². The van der Waals surface area contributed by atoms with Gasteiger partial charge in [0.25, 0.3) is 5.97 Å². The molecular weight excluding hydrogens is 175 g/mol. The number of carboxylic acid groups (broad SMARTS) is 1. The molecule has 0 aliphatic carbocycles. The Morgan fingerprint density at radius 2 is 1.86 bits per heavy atom. The Bertz CT molecular complexity index is 205. The number of hydrogen-bond donors (Lipinski definition) is 1. The smallest absolute Gasteiger partial charge is 0.298 e. The highest BCUT2D eigenvalue weighted by molar-refractivity contribution is 6.23. The van der Waals surface area contributed by atoms with E-state index >= 15 is 0 Å². The van der Waals surface area contributed by atoms with Gasteiger partial charge in [0.15, 0.2) is 7.98 Å². The highest BCUT2D eigenvalue weighted by Gasteiger charge is 2.24. The zero-order valence-electron chi connectivity index (χ0n) is 10.2. The fourth-order valence-electron chi connectivity index (χ4n) is 1.43. The van der Waals surface area contributed by atoms with Gasteiger partial charge >= 0.3 is 0 Å². The van der Waals surface area contributed by atoms with E-state index in [-0.39, 0.29) is 11.4 Å². The average molecular weight is 195 g/mol. The molecular formula is C8H20B3NO2. The first-order chi connectivity index (χ1) is 6.16. The molecule has 0 aromatic heterocycles. The molecule has 1 N–H and O–H groups in total. The Morgan fingerprint density at radius 3 is 2.14 bits per heavy atom. The van der Waals surface area contributed by atoms with Crippen molar-refractivity contribution >= 4 is 29.6 Å². The summed E-state index contributed by atoms with van der Waals surface area (Å²) in [5, 5.41) is 8.80. The summed E-state index contributed by atoms with van der Waals surface area (Å²) in [5.41, 5.74) is 0.0949. The second-order valence-electron chi connectivity index (χ2n) is 5.11. The number of rotatable bonds is 4. The van der Waals surface area contributed by atoms with Gasteiger partial charge in [-0.2, -0.15) is 0 Å². The minimum absolute atomic E-state index is 0.0949. The molecule has 0 saturated carbocycles. The number of hydrogen-bond acceptors (Lipinski definition) is 2. The SMILES string of the molecule is BC(CC(B)N(B)C(C)(C)C)C(=O)O. The van der Waals surface area contributed by atoms with Gasteiger partial charge in [-0.3, -0.25) is 4.79 Å². The molecule has 0 spiro atoms.